The Morgan fingerprint density at radius 1 is 0.750 bits per heavy atom. The lowest BCUT2D eigenvalue weighted by atomic mass is 9.85. The van der Waals surface area contributed by atoms with Gasteiger partial charge in [0.05, 0.1) is 0 Å². The summed E-state index contributed by atoms with van der Waals surface area (Å²) >= 11 is 0. The second-order valence-electron chi connectivity index (χ2n) is 5.79. The molecule has 0 spiro atoms. The van der Waals surface area contributed by atoms with Crippen LogP contribution in [0, 0.1) is 6.92 Å². The van der Waals surface area contributed by atoms with Gasteiger partial charge in [0.1, 0.15) is 17.2 Å². The quantitative estimate of drug-likeness (QED) is 0.634. The van der Waals surface area contributed by atoms with Gasteiger partial charge in [-0.2, -0.15) is 0 Å². The highest BCUT2D eigenvalue weighted by molar-refractivity contribution is 5.40. The number of rotatable bonds is 0. The largest absolute Gasteiger partial charge is 0.508 e. The molecule has 2 rings (SSSR count). The predicted octanol–water partition coefficient (Wildman–Crippen LogP) is 4.10. The van der Waals surface area contributed by atoms with E-state index in [-0.39, 0.29) is 16.9 Å². The van der Waals surface area contributed by atoms with Crippen molar-refractivity contribution in [1.82, 2.24) is 0 Å². The van der Waals surface area contributed by atoms with E-state index < -0.39 is 0 Å². The van der Waals surface area contributed by atoms with Crippen LogP contribution in [0.4, 0.5) is 0 Å². The van der Waals surface area contributed by atoms with Gasteiger partial charge in [-0.15, -0.1) is 0 Å². The second-order valence-corrected chi connectivity index (χ2v) is 5.79. The molecule has 0 unspecified atom stereocenters. The fourth-order valence-corrected chi connectivity index (χ4v) is 1.70. The molecular formula is C17H22O3. The highest BCUT2D eigenvalue weighted by Crippen LogP contribution is 2.30. The van der Waals surface area contributed by atoms with Crippen LogP contribution in [-0.2, 0) is 5.41 Å². The summed E-state index contributed by atoms with van der Waals surface area (Å²) in [5.74, 6) is 0.735. The number of phenols is 3. The van der Waals surface area contributed by atoms with Crippen molar-refractivity contribution in [1.29, 1.82) is 0 Å². The SMILES string of the molecule is Cc1ccc(O)c(C(C)(C)C)c1.Oc1ccc(O)cc1. The van der Waals surface area contributed by atoms with Crippen molar-refractivity contribution in [2.75, 3.05) is 0 Å². The number of phenolic OH excluding ortho intramolecular Hbond substituents is 3. The zero-order chi connectivity index (χ0) is 15.3. The van der Waals surface area contributed by atoms with Crippen molar-refractivity contribution in [3.63, 3.8) is 0 Å². The molecule has 3 N–H and O–H groups in total. The van der Waals surface area contributed by atoms with Gasteiger partial charge in [-0.25, -0.2) is 0 Å². The summed E-state index contributed by atoms with van der Waals surface area (Å²) in [6.45, 7) is 8.33. The van der Waals surface area contributed by atoms with Crippen LogP contribution in [-0.4, -0.2) is 15.3 Å². The first kappa shape index (κ1) is 15.9. The van der Waals surface area contributed by atoms with Gasteiger partial charge in [0.25, 0.3) is 0 Å². The summed E-state index contributed by atoms with van der Waals surface area (Å²) in [6.07, 6.45) is 0. The Morgan fingerprint density at radius 2 is 1.20 bits per heavy atom. The lowest BCUT2D eigenvalue weighted by Crippen LogP contribution is -2.11. The maximum atomic E-state index is 9.57. The van der Waals surface area contributed by atoms with E-state index in [1.165, 1.54) is 29.8 Å². The van der Waals surface area contributed by atoms with Gasteiger partial charge < -0.3 is 15.3 Å². The van der Waals surface area contributed by atoms with E-state index in [0.29, 0.717) is 5.75 Å². The van der Waals surface area contributed by atoms with E-state index in [1.807, 2.05) is 19.1 Å². The molecule has 0 saturated heterocycles. The van der Waals surface area contributed by atoms with Crippen molar-refractivity contribution >= 4 is 0 Å². The third kappa shape index (κ3) is 4.84. The second kappa shape index (κ2) is 6.33. The minimum Gasteiger partial charge on any atom is -0.508 e. The van der Waals surface area contributed by atoms with Crippen molar-refractivity contribution in [3.05, 3.63) is 53.6 Å². The highest BCUT2D eigenvalue weighted by atomic mass is 16.3. The summed E-state index contributed by atoms with van der Waals surface area (Å²) in [7, 11) is 0. The maximum Gasteiger partial charge on any atom is 0.119 e. The van der Waals surface area contributed by atoms with Crippen molar-refractivity contribution in [2.45, 2.75) is 33.1 Å². The Morgan fingerprint density at radius 3 is 1.55 bits per heavy atom. The summed E-state index contributed by atoms with van der Waals surface area (Å²) in [6, 6.07) is 11.4. The molecule has 0 aliphatic heterocycles. The molecule has 108 valence electrons. The Hall–Kier alpha value is -2.16. The molecule has 0 fully saturated rings. The Kier molecular flexibility index (Phi) is 5.03. The monoisotopic (exact) mass is 274 g/mol. The van der Waals surface area contributed by atoms with Gasteiger partial charge >= 0.3 is 0 Å². The van der Waals surface area contributed by atoms with Gasteiger partial charge in [-0.1, -0.05) is 38.5 Å². The van der Waals surface area contributed by atoms with Gasteiger partial charge in [0.2, 0.25) is 0 Å². The van der Waals surface area contributed by atoms with E-state index in [2.05, 4.69) is 20.8 Å². The molecule has 0 saturated carbocycles. The van der Waals surface area contributed by atoms with E-state index in [9.17, 15) is 5.11 Å². The molecule has 0 amide bonds. The maximum absolute atomic E-state index is 9.57. The summed E-state index contributed by atoms with van der Waals surface area (Å²) in [5, 5.41) is 26.9. The molecule has 3 nitrogen and oxygen atoms in total. The van der Waals surface area contributed by atoms with Crippen molar-refractivity contribution in [2.24, 2.45) is 0 Å². The van der Waals surface area contributed by atoms with E-state index in [4.69, 9.17) is 10.2 Å². The predicted molar refractivity (Wildman–Crippen MR) is 81.3 cm³/mol. The molecular weight excluding hydrogens is 252 g/mol. The first-order chi connectivity index (χ1) is 9.20. The standard InChI is InChI=1S/C11H16O.C6H6O2/c1-8-5-6-10(12)9(7-8)11(2,3)4;7-5-1-2-6(8)4-3-5/h5-7,12H,1-4H3;1-4,7-8H. The van der Waals surface area contributed by atoms with E-state index in [0.717, 1.165) is 5.56 Å². The van der Waals surface area contributed by atoms with Crippen LogP contribution in [0.5, 0.6) is 17.2 Å². The number of hydrogen-bond acceptors (Lipinski definition) is 3. The minimum absolute atomic E-state index is 0.0239. The zero-order valence-corrected chi connectivity index (χ0v) is 12.4. The minimum atomic E-state index is 0.0239. The van der Waals surface area contributed by atoms with Crippen LogP contribution in [0.3, 0.4) is 0 Å². The molecule has 20 heavy (non-hydrogen) atoms. The van der Waals surface area contributed by atoms with Crippen LogP contribution in [0.2, 0.25) is 0 Å². The lowest BCUT2D eigenvalue weighted by molar-refractivity contribution is 0.446. The Balaban J connectivity index is 0.000000217. The fourth-order valence-electron chi connectivity index (χ4n) is 1.70. The van der Waals surface area contributed by atoms with Crippen LogP contribution >= 0.6 is 0 Å². The van der Waals surface area contributed by atoms with E-state index in [1.54, 1.807) is 6.07 Å². The third-order valence-corrected chi connectivity index (χ3v) is 2.81. The molecule has 0 heterocycles. The zero-order valence-electron chi connectivity index (χ0n) is 12.4. The lowest BCUT2D eigenvalue weighted by Gasteiger charge is -2.20. The van der Waals surface area contributed by atoms with Crippen LogP contribution in [0.25, 0.3) is 0 Å². The molecule has 0 bridgehead atoms. The van der Waals surface area contributed by atoms with Gasteiger partial charge in [0.15, 0.2) is 0 Å². The van der Waals surface area contributed by atoms with Gasteiger partial charge in [-0.05, 0) is 48.2 Å². The molecule has 3 heteroatoms. The molecule has 0 radical (unpaired) electrons. The van der Waals surface area contributed by atoms with Crippen molar-refractivity contribution in [3.8, 4) is 17.2 Å². The number of benzene rings is 2. The Bertz CT molecular complexity index is 530. The molecule has 0 aromatic heterocycles. The normalized spacial score (nSPS) is 10.6. The van der Waals surface area contributed by atoms with Crippen LogP contribution < -0.4 is 0 Å². The first-order valence-electron chi connectivity index (χ1n) is 6.48. The van der Waals surface area contributed by atoms with Crippen LogP contribution in [0.15, 0.2) is 42.5 Å². The summed E-state index contributed by atoms with van der Waals surface area (Å²) in [4.78, 5) is 0. The topological polar surface area (TPSA) is 60.7 Å². The average Bonchev–Trinajstić information content (AvgIpc) is 2.35. The number of aryl methyl sites for hydroxylation is 1. The smallest absolute Gasteiger partial charge is 0.119 e. The number of hydrogen-bond donors (Lipinski definition) is 3. The fraction of sp³-hybridized carbons (Fsp3) is 0.294. The van der Waals surface area contributed by atoms with Crippen LogP contribution in [0.1, 0.15) is 31.9 Å². The van der Waals surface area contributed by atoms with Gasteiger partial charge in [0, 0.05) is 0 Å². The summed E-state index contributed by atoms with van der Waals surface area (Å²) in [5.41, 5.74) is 2.23. The summed E-state index contributed by atoms with van der Waals surface area (Å²) < 4.78 is 0. The highest BCUT2D eigenvalue weighted by Gasteiger charge is 2.17. The average molecular weight is 274 g/mol. The first-order valence-corrected chi connectivity index (χ1v) is 6.48. The Labute approximate surface area is 120 Å². The van der Waals surface area contributed by atoms with Crippen molar-refractivity contribution < 1.29 is 15.3 Å². The third-order valence-electron chi connectivity index (χ3n) is 2.81. The molecule has 2 aromatic rings. The molecule has 0 atom stereocenters. The molecule has 2 aromatic carbocycles. The van der Waals surface area contributed by atoms with E-state index >= 15 is 0 Å². The molecule has 0 aliphatic rings. The van der Waals surface area contributed by atoms with Gasteiger partial charge in [-0.3, -0.25) is 0 Å². The molecule has 0 aliphatic carbocycles. The number of aromatic hydroxyl groups is 3.